The molecule has 4 nitrogen and oxygen atoms in total. The molecular formula is C19H23FN2O2. The molecule has 1 aromatic carbocycles. The van der Waals surface area contributed by atoms with Gasteiger partial charge in [-0.25, -0.2) is 9.37 Å². The zero-order valence-corrected chi connectivity index (χ0v) is 14.4. The molecule has 2 heterocycles. The molecule has 2 unspecified atom stereocenters. The van der Waals surface area contributed by atoms with Gasteiger partial charge in [0.25, 0.3) is 5.91 Å². The largest absolute Gasteiger partial charge is 0.483 e. The van der Waals surface area contributed by atoms with Crippen molar-refractivity contribution in [2.75, 3.05) is 6.61 Å². The summed E-state index contributed by atoms with van der Waals surface area (Å²) in [7, 11) is 0. The van der Waals surface area contributed by atoms with E-state index in [9.17, 15) is 9.18 Å². The average molecular weight is 330 g/mol. The van der Waals surface area contributed by atoms with E-state index in [2.05, 4.69) is 18.8 Å². The van der Waals surface area contributed by atoms with E-state index >= 15 is 0 Å². The van der Waals surface area contributed by atoms with Crippen LogP contribution in [0.1, 0.15) is 38.8 Å². The monoisotopic (exact) mass is 330 g/mol. The molecule has 0 spiro atoms. The van der Waals surface area contributed by atoms with Gasteiger partial charge in [-0.05, 0) is 52.2 Å². The Morgan fingerprint density at radius 2 is 2.04 bits per heavy atom. The Morgan fingerprint density at radius 3 is 2.75 bits per heavy atom. The van der Waals surface area contributed by atoms with Crippen molar-refractivity contribution in [3.8, 4) is 5.75 Å². The number of carbonyl (C=O) groups excluding carboxylic acids is 1. The Hall–Kier alpha value is -2.17. The smallest absolute Gasteiger partial charge is 0.260 e. The first-order chi connectivity index (χ1) is 11.5. The Balaban J connectivity index is 1.80. The SMILES string of the molecule is Cc1cc(OCC(=O)N2C(C)CCCC2C)c2cccc(F)c2n1. The van der Waals surface area contributed by atoms with Crippen LogP contribution in [0, 0.1) is 12.7 Å². The third kappa shape index (κ3) is 3.21. The van der Waals surface area contributed by atoms with E-state index in [1.165, 1.54) is 6.07 Å². The first-order valence-corrected chi connectivity index (χ1v) is 8.47. The summed E-state index contributed by atoms with van der Waals surface area (Å²) in [6, 6.07) is 6.98. The average Bonchev–Trinajstić information content (AvgIpc) is 2.53. The van der Waals surface area contributed by atoms with Crippen molar-refractivity contribution in [2.45, 2.75) is 52.1 Å². The van der Waals surface area contributed by atoms with Crippen LogP contribution in [0.2, 0.25) is 0 Å². The van der Waals surface area contributed by atoms with Crippen molar-refractivity contribution in [1.29, 1.82) is 0 Å². The minimum Gasteiger partial charge on any atom is -0.483 e. The molecule has 1 amide bonds. The van der Waals surface area contributed by atoms with E-state index < -0.39 is 0 Å². The molecule has 0 N–H and O–H groups in total. The highest BCUT2D eigenvalue weighted by Crippen LogP contribution is 2.28. The maximum atomic E-state index is 13.9. The summed E-state index contributed by atoms with van der Waals surface area (Å²) in [5, 5.41) is 0.591. The van der Waals surface area contributed by atoms with Gasteiger partial charge in [0.05, 0.1) is 0 Å². The minimum atomic E-state index is -0.384. The predicted octanol–water partition coefficient (Wildman–Crippen LogP) is 3.85. The molecule has 1 saturated heterocycles. The lowest BCUT2D eigenvalue weighted by atomic mass is 9.97. The second-order valence-electron chi connectivity index (χ2n) is 6.62. The number of benzene rings is 1. The van der Waals surface area contributed by atoms with Gasteiger partial charge in [-0.3, -0.25) is 4.79 Å². The van der Waals surface area contributed by atoms with Crippen LogP contribution in [0.25, 0.3) is 10.9 Å². The number of halogens is 1. The molecule has 0 bridgehead atoms. The summed E-state index contributed by atoms with van der Waals surface area (Å²) in [6.07, 6.45) is 3.21. The molecule has 1 aromatic heterocycles. The molecule has 0 saturated carbocycles. The lowest BCUT2D eigenvalue weighted by molar-refractivity contribution is -0.139. The molecular weight excluding hydrogens is 307 g/mol. The summed E-state index contributed by atoms with van der Waals surface area (Å²) in [6.45, 7) is 5.91. The van der Waals surface area contributed by atoms with Crippen LogP contribution < -0.4 is 4.74 Å². The van der Waals surface area contributed by atoms with Gasteiger partial charge < -0.3 is 9.64 Å². The van der Waals surface area contributed by atoms with E-state index in [0.29, 0.717) is 16.8 Å². The van der Waals surface area contributed by atoms with Crippen LogP contribution >= 0.6 is 0 Å². The molecule has 0 radical (unpaired) electrons. The maximum absolute atomic E-state index is 13.9. The van der Waals surface area contributed by atoms with Crippen molar-refractivity contribution < 1.29 is 13.9 Å². The number of pyridine rings is 1. The van der Waals surface area contributed by atoms with Gasteiger partial charge >= 0.3 is 0 Å². The third-order valence-corrected chi connectivity index (χ3v) is 4.71. The van der Waals surface area contributed by atoms with E-state index in [1.807, 2.05) is 4.90 Å². The summed E-state index contributed by atoms with van der Waals surface area (Å²) in [5.74, 6) is 0.0991. The number of rotatable bonds is 3. The van der Waals surface area contributed by atoms with E-state index in [0.717, 1.165) is 19.3 Å². The zero-order valence-electron chi connectivity index (χ0n) is 14.4. The van der Waals surface area contributed by atoms with Crippen molar-refractivity contribution in [2.24, 2.45) is 0 Å². The van der Waals surface area contributed by atoms with Crippen LogP contribution in [-0.2, 0) is 4.79 Å². The van der Waals surface area contributed by atoms with Crippen LogP contribution in [0.4, 0.5) is 4.39 Å². The Bertz CT molecular complexity index is 752. The fourth-order valence-corrected chi connectivity index (χ4v) is 3.55. The first-order valence-electron chi connectivity index (χ1n) is 8.47. The number of piperidine rings is 1. The fourth-order valence-electron chi connectivity index (χ4n) is 3.55. The Morgan fingerprint density at radius 1 is 1.33 bits per heavy atom. The summed E-state index contributed by atoms with van der Waals surface area (Å²) >= 11 is 0. The zero-order chi connectivity index (χ0) is 17.3. The van der Waals surface area contributed by atoms with Gasteiger partial charge in [0.2, 0.25) is 0 Å². The van der Waals surface area contributed by atoms with Crippen molar-refractivity contribution >= 4 is 16.8 Å². The summed E-state index contributed by atoms with van der Waals surface area (Å²) in [4.78, 5) is 18.7. The van der Waals surface area contributed by atoms with E-state index in [4.69, 9.17) is 4.74 Å². The highest BCUT2D eigenvalue weighted by molar-refractivity contribution is 5.86. The number of para-hydroxylation sites is 1. The Kier molecular flexibility index (Phi) is 4.69. The van der Waals surface area contributed by atoms with Gasteiger partial charge in [-0.2, -0.15) is 0 Å². The van der Waals surface area contributed by atoms with Crippen molar-refractivity contribution in [3.05, 3.63) is 35.8 Å². The molecule has 1 fully saturated rings. The number of ether oxygens (including phenoxy) is 1. The van der Waals surface area contributed by atoms with E-state index in [1.54, 1.807) is 25.1 Å². The number of aryl methyl sites for hydroxylation is 1. The number of amides is 1. The number of likely N-dealkylation sites (tertiary alicyclic amines) is 1. The lowest BCUT2D eigenvalue weighted by Crippen LogP contribution is -2.49. The molecule has 1 aliphatic heterocycles. The van der Waals surface area contributed by atoms with Crippen LogP contribution in [-0.4, -0.2) is 34.5 Å². The van der Waals surface area contributed by atoms with Gasteiger partial charge in [-0.15, -0.1) is 0 Å². The normalized spacial score (nSPS) is 21.1. The van der Waals surface area contributed by atoms with Crippen LogP contribution in [0.5, 0.6) is 5.75 Å². The van der Waals surface area contributed by atoms with Gasteiger partial charge in [0.1, 0.15) is 17.1 Å². The maximum Gasteiger partial charge on any atom is 0.260 e. The molecule has 128 valence electrons. The Labute approximate surface area is 141 Å². The predicted molar refractivity (Wildman–Crippen MR) is 91.6 cm³/mol. The van der Waals surface area contributed by atoms with Gasteiger partial charge in [-0.1, -0.05) is 6.07 Å². The van der Waals surface area contributed by atoms with Crippen LogP contribution in [0.3, 0.4) is 0 Å². The second kappa shape index (κ2) is 6.75. The van der Waals surface area contributed by atoms with Gasteiger partial charge in [0.15, 0.2) is 6.61 Å². The minimum absolute atomic E-state index is 0.0197. The highest BCUT2D eigenvalue weighted by atomic mass is 19.1. The number of hydrogen-bond acceptors (Lipinski definition) is 3. The molecule has 3 rings (SSSR count). The summed E-state index contributed by atoms with van der Waals surface area (Å²) in [5.41, 5.74) is 0.939. The fraction of sp³-hybridized carbons (Fsp3) is 0.474. The first kappa shape index (κ1) is 16.7. The molecule has 5 heteroatoms. The molecule has 0 aliphatic carbocycles. The van der Waals surface area contributed by atoms with Crippen molar-refractivity contribution in [3.63, 3.8) is 0 Å². The van der Waals surface area contributed by atoms with Gasteiger partial charge in [0, 0.05) is 29.2 Å². The lowest BCUT2D eigenvalue weighted by Gasteiger charge is -2.39. The topological polar surface area (TPSA) is 42.4 Å². The summed E-state index contributed by atoms with van der Waals surface area (Å²) < 4.78 is 19.7. The third-order valence-electron chi connectivity index (χ3n) is 4.71. The molecule has 2 aromatic rings. The number of carbonyl (C=O) groups is 1. The standard InChI is InChI=1S/C19H23FN2O2/c1-12-10-17(15-8-5-9-16(20)19(15)21-12)24-11-18(23)22-13(2)6-4-7-14(22)3/h5,8-10,13-14H,4,6-7,11H2,1-3H3. The number of hydrogen-bond donors (Lipinski definition) is 0. The number of nitrogens with zero attached hydrogens (tertiary/aromatic N) is 2. The number of fused-ring (bicyclic) bond motifs is 1. The quantitative estimate of drug-likeness (QED) is 0.858. The molecule has 24 heavy (non-hydrogen) atoms. The van der Waals surface area contributed by atoms with Crippen LogP contribution in [0.15, 0.2) is 24.3 Å². The van der Waals surface area contributed by atoms with Crippen molar-refractivity contribution in [1.82, 2.24) is 9.88 Å². The highest BCUT2D eigenvalue weighted by Gasteiger charge is 2.29. The number of aromatic nitrogens is 1. The molecule has 1 aliphatic rings. The second-order valence-corrected chi connectivity index (χ2v) is 6.62. The molecule has 2 atom stereocenters. The van der Waals surface area contributed by atoms with E-state index in [-0.39, 0.29) is 35.9 Å².